The van der Waals surface area contributed by atoms with E-state index in [1.807, 2.05) is 18.2 Å². The molecule has 0 fully saturated rings. The molecule has 3 aromatic heterocycles. The molecule has 0 amide bonds. The van der Waals surface area contributed by atoms with Crippen LogP contribution in [0.15, 0.2) is 48.8 Å². The standard InChI is InChI=1S/C17H9FN4.CH4/c1-19-16-4-2-10(8-13(16)18)14-5-3-11-12-9-20-7-6-15(12)22-17(11)21-14;/h2-9H,(H,21,22);1H4. The van der Waals surface area contributed by atoms with Crippen molar-refractivity contribution in [3.8, 4) is 11.3 Å². The van der Waals surface area contributed by atoms with Crippen molar-refractivity contribution in [2.75, 3.05) is 0 Å². The number of hydrogen-bond acceptors (Lipinski definition) is 2. The SMILES string of the molecule is C.[C-]#[N+]c1ccc(-c2ccc3c(n2)[nH]c2ccncc23)cc1F. The van der Waals surface area contributed by atoms with E-state index >= 15 is 0 Å². The first kappa shape index (κ1) is 14.7. The van der Waals surface area contributed by atoms with Gasteiger partial charge in [-0.05, 0) is 24.3 Å². The van der Waals surface area contributed by atoms with Crippen molar-refractivity contribution in [1.82, 2.24) is 15.0 Å². The zero-order valence-corrected chi connectivity index (χ0v) is 11.3. The van der Waals surface area contributed by atoms with Crippen molar-refractivity contribution >= 4 is 27.6 Å². The van der Waals surface area contributed by atoms with Crippen LogP contribution in [-0.4, -0.2) is 15.0 Å². The molecule has 3 heterocycles. The maximum Gasteiger partial charge on any atom is 0.222 e. The number of aromatic nitrogens is 3. The van der Waals surface area contributed by atoms with E-state index in [0.717, 1.165) is 21.9 Å². The van der Waals surface area contributed by atoms with Gasteiger partial charge in [0.05, 0.1) is 17.8 Å². The second-order valence-electron chi connectivity index (χ2n) is 4.92. The third kappa shape index (κ3) is 2.30. The van der Waals surface area contributed by atoms with E-state index in [4.69, 9.17) is 6.57 Å². The smallest absolute Gasteiger partial charge is 0.222 e. The second kappa shape index (κ2) is 5.50. The summed E-state index contributed by atoms with van der Waals surface area (Å²) >= 11 is 0. The Labute approximate surface area is 132 Å². The summed E-state index contributed by atoms with van der Waals surface area (Å²) in [4.78, 5) is 15.0. The van der Waals surface area contributed by atoms with Gasteiger partial charge in [0.2, 0.25) is 5.69 Å². The highest BCUT2D eigenvalue weighted by Gasteiger charge is 2.09. The fourth-order valence-corrected chi connectivity index (χ4v) is 2.54. The van der Waals surface area contributed by atoms with Crippen LogP contribution in [0.2, 0.25) is 0 Å². The molecule has 0 atom stereocenters. The summed E-state index contributed by atoms with van der Waals surface area (Å²) in [7, 11) is 0. The molecule has 5 heteroatoms. The minimum atomic E-state index is -0.532. The number of benzene rings is 1. The summed E-state index contributed by atoms with van der Waals surface area (Å²) < 4.78 is 13.8. The first-order valence-electron chi connectivity index (χ1n) is 6.66. The van der Waals surface area contributed by atoms with Crippen LogP contribution in [0, 0.1) is 12.4 Å². The molecule has 0 aliphatic heterocycles. The van der Waals surface area contributed by atoms with Gasteiger partial charge in [-0.15, -0.1) is 0 Å². The number of nitrogens with one attached hydrogen (secondary N) is 1. The molecule has 1 N–H and O–H groups in total. The van der Waals surface area contributed by atoms with Crippen LogP contribution in [0.1, 0.15) is 7.43 Å². The monoisotopic (exact) mass is 304 g/mol. The summed E-state index contributed by atoms with van der Waals surface area (Å²) in [5, 5.41) is 1.98. The highest BCUT2D eigenvalue weighted by atomic mass is 19.1. The maximum atomic E-state index is 13.8. The van der Waals surface area contributed by atoms with E-state index in [9.17, 15) is 4.39 Å². The summed E-state index contributed by atoms with van der Waals surface area (Å²) in [6, 6.07) is 10.2. The fraction of sp³-hybridized carbons (Fsp3) is 0.0556. The second-order valence-corrected chi connectivity index (χ2v) is 4.92. The van der Waals surface area contributed by atoms with E-state index < -0.39 is 5.82 Å². The van der Waals surface area contributed by atoms with Crippen LogP contribution < -0.4 is 0 Å². The van der Waals surface area contributed by atoms with E-state index in [-0.39, 0.29) is 13.1 Å². The zero-order chi connectivity index (χ0) is 15.1. The van der Waals surface area contributed by atoms with Crippen LogP contribution in [0.5, 0.6) is 0 Å². The molecule has 0 aliphatic rings. The lowest BCUT2D eigenvalue weighted by atomic mass is 10.1. The number of H-pyrrole nitrogens is 1. The minimum Gasteiger partial charge on any atom is -0.339 e. The highest BCUT2D eigenvalue weighted by molar-refractivity contribution is 6.05. The van der Waals surface area contributed by atoms with Gasteiger partial charge in [-0.2, -0.15) is 0 Å². The lowest BCUT2D eigenvalue weighted by molar-refractivity contribution is 0.634. The Morgan fingerprint density at radius 2 is 1.96 bits per heavy atom. The van der Waals surface area contributed by atoms with Gasteiger partial charge in [0.1, 0.15) is 11.5 Å². The number of fused-ring (bicyclic) bond motifs is 3. The van der Waals surface area contributed by atoms with Gasteiger partial charge >= 0.3 is 0 Å². The largest absolute Gasteiger partial charge is 0.339 e. The number of hydrogen-bond donors (Lipinski definition) is 1. The van der Waals surface area contributed by atoms with E-state index in [1.54, 1.807) is 18.5 Å². The Morgan fingerprint density at radius 1 is 1.09 bits per heavy atom. The Kier molecular flexibility index (Phi) is 3.51. The molecule has 4 rings (SSSR count). The van der Waals surface area contributed by atoms with Crippen molar-refractivity contribution in [3.63, 3.8) is 0 Å². The molecule has 23 heavy (non-hydrogen) atoms. The zero-order valence-electron chi connectivity index (χ0n) is 11.3. The Balaban J connectivity index is 0.00000156. The molecule has 4 aromatic rings. The third-order valence-electron chi connectivity index (χ3n) is 3.62. The average Bonchev–Trinajstić information content (AvgIpc) is 2.92. The van der Waals surface area contributed by atoms with Gasteiger partial charge < -0.3 is 4.98 Å². The first-order chi connectivity index (χ1) is 10.8. The summed E-state index contributed by atoms with van der Waals surface area (Å²) in [5.41, 5.74) is 3.01. The van der Waals surface area contributed by atoms with Gasteiger partial charge in [0.25, 0.3) is 0 Å². The molecule has 0 saturated carbocycles. The van der Waals surface area contributed by atoms with Crippen molar-refractivity contribution in [3.05, 3.63) is 66.0 Å². The summed E-state index contributed by atoms with van der Waals surface area (Å²) in [5.74, 6) is -0.532. The normalized spacial score (nSPS) is 10.4. The van der Waals surface area contributed by atoms with E-state index in [1.165, 1.54) is 12.1 Å². The molecule has 0 unspecified atom stereocenters. The van der Waals surface area contributed by atoms with Crippen LogP contribution in [0.4, 0.5) is 10.1 Å². The van der Waals surface area contributed by atoms with Gasteiger partial charge in [-0.25, -0.2) is 14.2 Å². The molecule has 4 nitrogen and oxygen atoms in total. The topological polar surface area (TPSA) is 45.9 Å². The number of nitrogens with zero attached hydrogens (tertiary/aromatic N) is 3. The molecule has 1 aromatic carbocycles. The Morgan fingerprint density at radius 3 is 2.74 bits per heavy atom. The fourth-order valence-electron chi connectivity index (χ4n) is 2.54. The predicted octanol–water partition coefficient (Wildman–Crippen LogP) is 5.10. The van der Waals surface area contributed by atoms with Crippen molar-refractivity contribution in [2.24, 2.45) is 0 Å². The molecular formula is C18H13FN4. The van der Waals surface area contributed by atoms with E-state index in [0.29, 0.717) is 11.3 Å². The van der Waals surface area contributed by atoms with Crippen LogP contribution in [-0.2, 0) is 0 Å². The van der Waals surface area contributed by atoms with E-state index in [2.05, 4.69) is 19.8 Å². The van der Waals surface area contributed by atoms with Crippen molar-refractivity contribution in [2.45, 2.75) is 7.43 Å². The number of aromatic amines is 1. The lowest BCUT2D eigenvalue weighted by Gasteiger charge is -2.02. The van der Waals surface area contributed by atoms with Crippen molar-refractivity contribution < 1.29 is 4.39 Å². The summed E-state index contributed by atoms with van der Waals surface area (Å²) in [6.07, 6.45) is 3.51. The maximum absolute atomic E-state index is 13.8. The van der Waals surface area contributed by atoms with Crippen LogP contribution in [0.25, 0.3) is 38.0 Å². The first-order valence-corrected chi connectivity index (χ1v) is 6.66. The Bertz CT molecular complexity index is 1060. The van der Waals surface area contributed by atoms with Gasteiger partial charge in [0, 0.05) is 28.7 Å². The predicted molar refractivity (Wildman–Crippen MR) is 89.8 cm³/mol. The van der Waals surface area contributed by atoms with Crippen LogP contribution >= 0.6 is 0 Å². The van der Waals surface area contributed by atoms with Gasteiger partial charge in [0.15, 0.2) is 0 Å². The van der Waals surface area contributed by atoms with Gasteiger partial charge in [-0.3, -0.25) is 4.98 Å². The number of rotatable bonds is 1. The number of pyridine rings is 2. The minimum absolute atomic E-state index is 0. The average molecular weight is 304 g/mol. The molecule has 0 bridgehead atoms. The summed E-state index contributed by atoms with van der Waals surface area (Å²) in [6.45, 7) is 6.89. The number of halogens is 1. The highest BCUT2D eigenvalue weighted by Crippen LogP contribution is 2.28. The lowest BCUT2D eigenvalue weighted by Crippen LogP contribution is -1.86. The molecule has 112 valence electrons. The molecule has 0 spiro atoms. The molecular weight excluding hydrogens is 291 g/mol. The molecule has 0 saturated heterocycles. The third-order valence-corrected chi connectivity index (χ3v) is 3.62. The quantitative estimate of drug-likeness (QED) is 0.497. The molecule has 0 radical (unpaired) electrons. The van der Waals surface area contributed by atoms with Crippen LogP contribution in [0.3, 0.4) is 0 Å². The van der Waals surface area contributed by atoms with Gasteiger partial charge in [-0.1, -0.05) is 19.6 Å². The Hall–Kier alpha value is -3.26. The van der Waals surface area contributed by atoms with Crippen molar-refractivity contribution in [1.29, 1.82) is 0 Å². The molecule has 0 aliphatic carbocycles.